The number of hydrazone groups is 1. The van der Waals surface area contributed by atoms with E-state index in [1.807, 2.05) is 29.6 Å². The molecule has 1 aliphatic heterocycles. The van der Waals surface area contributed by atoms with Gasteiger partial charge in [-0.05, 0) is 29.1 Å². The predicted octanol–water partition coefficient (Wildman–Crippen LogP) is 2.84. The largest absolute Gasteiger partial charge is 0.273 e. The zero-order chi connectivity index (χ0) is 13.2. The van der Waals surface area contributed by atoms with E-state index in [0.717, 1.165) is 22.6 Å². The Hall–Kier alpha value is -2.01. The molecule has 2 aromatic rings. The first kappa shape index (κ1) is 12.0. The van der Waals surface area contributed by atoms with E-state index in [-0.39, 0.29) is 11.9 Å². The van der Waals surface area contributed by atoms with Crippen LogP contribution in [0.4, 0.5) is 0 Å². The van der Waals surface area contributed by atoms with Crippen LogP contribution >= 0.6 is 11.3 Å². The summed E-state index contributed by atoms with van der Waals surface area (Å²) in [7, 11) is 0. The maximum absolute atomic E-state index is 11.8. The minimum absolute atomic E-state index is 0.0161. The van der Waals surface area contributed by atoms with E-state index in [2.05, 4.69) is 10.1 Å². The molecule has 0 bridgehead atoms. The van der Waals surface area contributed by atoms with Gasteiger partial charge in [0.1, 0.15) is 0 Å². The summed E-state index contributed by atoms with van der Waals surface area (Å²) in [6.07, 6.45) is 4.25. The van der Waals surface area contributed by atoms with Gasteiger partial charge in [-0.2, -0.15) is 5.10 Å². The van der Waals surface area contributed by atoms with Crippen LogP contribution in [0.5, 0.6) is 0 Å². The van der Waals surface area contributed by atoms with Crippen LogP contribution in [0.1, 0.15) is 29.8 Å². The fourth-order valence-corrected chi connectivity index (χ4v) is 2.96. The Kier molecular flexibility index (Phi) is 3.13. The molecule has 5 heteroatoms. The third kappa shape index (κ3) is 2.29. The second-order valence-corrected chi connectivity index (χ2v) is 5.34. The second kappa shape index (κ2) is 4.93. The van der Waals surface area contributed by atoms with Gasteiger partial charge in [0.2, 0.25) is 5.91 Å². The van der Waals surface area contributed by atoms with Crippen molar-refractivity contribution in [1.29, 1.82) is 0 Å². The van der Waals surface area contributed by atoms with Crippen molar-refractivity contribution in [3.63, 3.8) is 0 Å². The highest BCUT2D eigenvalue weighted by atomic mass is 32.1. The first-order valence-electron chi connectivity index (χ1n) is 6.07. The number of hydrogen-bond donors (Lipinski definition) is 0. The zero-order valence-electron chi connectivity index (χ0n) is 10.5. The molecule has 0 spiro atoms. The predicted molar refractivity (Wildman–Crippen MR) is 75.0 cm³/mol. The average molecular weight is 271 g/mol. The Balaban J connectivity index is 1.94. The summed E-state index contributed by atoms with van der Waals surface area (Å²) in [5, 5.41) is 8.08. The van der Waals surface area contributed by atoms with Crippen molar-refractivity contribution in [3.8, 4) is 0 Å². The molecule has 0 radical (unpaired) electrons. The lowest BCUT2D eigenvalue weighted by Gasteiger charge is -2.20. The first-order valence-corrected chi connectivity index (χ1v) is 6.95. The van der Waals surface area contributed by atoms with Gasteiger partial charge in [-0.25, -0.2) is 5.01 Å². The number of amides is 1. The number of thiophene rings is 1. The summed E-state index contributed by atoms with van der Waals surface area (Å²) in [5.74, 6) is -0.0339. The number of hydrogen-bond acceptors (Lipinski definition) is 4. The van der Waals surface area contributed by atoms with Gasteiger partial charge in [0.25, 0.3) is 0 Å². The lowest BCUT2D eigenvalue weighted by molar-refractivity contribution is -0.130. The molecular weight excluding hydrogens is 258 g/mol. The van der Waals surface area contributed by atoms with Crippen LogP contribution in [-0.4, -0.2) is 21.6 Å². The lowest BCUT2D eigenvalue weighted by Crippen LogP contribution is -2.24. The van der Waals surface area contributed by atoms with Gasteiger partial charge >= 0.3 is 0 Å². The van der Waals surface area contributed by atoms with E-state index in [1.54, 1.807) is 35.7 Å². The molecule has 96 valence electrons. The standard InChI is InChI=1S/C14H13N3OS/c1-10(18)17-13(11-4-6-15-7-5-11)9-12(16-17)14-3-2-8-19-14/h2-8,13H,9H2,1H3. The van der Waals surface area contributed by atoms with Crippen molar-refractivity contribution in [1.82, 2.24) is 9.99 Å². The summed E-state index contributed by atoms with van der Waals surface area (Å²) in [6, 6.07) is 7.90. The van der Waals surface area contributed by atoms with Gasteiger partial charge in [-0.1, -0.05) is 6.07 Å². The summed E-state index contributed by atoms with van der Waals surface area (Å²) < 4.78 is 0. The van der Waals surface area contributed by atoms with E-state index in [0.29, 0.717) is 0 Å². The maximum Gasteiger partial charge on any atom is 0.240 e. The van der Waals surface area contributed by atoms with Gasteiger partial charge in [-0.3, -0.25) is 9.78 Å². The van der Waals surface area contributed by atoms with E-state index >= 15 is 0 Å². The van der Waals surface area contributed by atoms with Crippen molar-refractivity contribution in [2.45, 2.75) is 19.4 Å². The number of nitrogens with zero attached hydrogens (tertiary/aromatic N) is 3. The van der Waals surface area contributed by atoms with Crippen LogP contribution in [0.25, 0.3) is 0 Å². The molecule has 0 fully saturated rings. The van der Waals surface area contributed by atoms with Gasteiger partial charge < -0.3 is 0 Å². The quantitative estimate of drug-likeness (QED) is 0.843. The Morgan fingerprint density at radius 2 is 2.16 bits per heavy atom. The third-order valence-electron chi connectivity index (χ3n) is 3.13. The molecule has 0 saturated carbocycles. The molecule has 3 rings (SSSR count). The number of aromatic nitrogens is 1. The SMILES string of the molecule is CC(=O)N1N=C(c2cccs2)CC1c1ccncc1. The highest BCUT2D eigenvalue weighted by Gasteiger charge is 2.31. The summed E-state index contributed by atoms with van der Waals surface area (Å²) in [4.78, 5) is 16.9. The van der Waals surface area contributed by atoms with Crippen molar-refractivity contribution in [2.75, 3.05) is 0 Å². The molecule has 2 aromatic heterocycles. The lowest BCUT2D eigenvalue weighted by atomic mass is 10.0. The summed E-state index contributed by atoms with van der Waals surface area (Å²) in [5.41, 5.74) is 2.05. The van der Waals surface area contributed by atoms with Crippen LogP contribution in [0.15, 0.2) is 47.1 Å². The van der Waals surface area contributed by atoms with Crippen LogP contribution in [0, 0.1) is 0 Å². The monoisotopic (exact) mass is 271 g/mol. The number of carbonyl (C=O) groups excluding carboxylic acids is 1. The molecule has 1 aliphatic rings. The van der Waals surface area contributed by atoms with Crippen molar-refractivity contribution >= 4 is 23.0 Å². The third-order valence-corrected chi connectivity index (χ3v) is 4.05. The van der Waals surface area contributed by atoms with Gasteiger partial charge in [-0.15, -0.1) is 11.3 Å². The van der Waals surface area contributed by atoms with Gasteiger partial charge in [0, 0.05) is 25.7 Å². The highest BCUT2D eigenvalue weighted by molar-refractivity contribution is 7.12. The molecule has 1 atom stereocenters. The minimum Gasteiger partial charge on any atom is -0.273 e. The molecule has 0 N–H and O–H groups in total. The van der Waals surface area contributed by atoms with Crippen LogP contribution < -0.4 is 0 Å². The van der Waals surface area contributed by atoms with Crippen LogP contribution in [-0.2, 0) is 4.79 Å². The van der Waals surface area contributed by atoms with Crippen molar-refractivity contribution in [2.24, 2.45) is 5.10 Å². The minimum atomic E-state index is -0.0339. The van der Waals surface area contributed by atoms with Gasteiger partial charge in [0.05, 0.1) is 16.6 Å². The number of pyridine rings is 1. The fourth-order valence-electron chi connectivity index (χ4n) is 2.24. The molecule has 0 aromatic carbocycles. The number of carbonyl (C=O) groups is 1. The summed E-state index contributed by atoms with van der Waals surface area (Å²) >= 11 is 1.65. The molecular formula is C14H13N3OS. The molecule has 3 heterocycles. The fraction of sp³-hybridized carbons (Fsp3) is 0.214. The van der Waals surface area contributed by atoms with E-state index in [4.69, 9.17) is 0 Å². The first-order chi connectivity index (χ1) is 9.25. The van der Waals surface area contributed by atoms with Crippen LogP contribution in [0.2, 0.25) is 0 Å². The van der Waals surface area contributed by atoms with Gasteiger partial charge in [0.15, 0.2) is 0 Å². The van der Waals surface area contributed by atoms with Crippen LogP contribution in [0.3, 0.4) is 0 Å². The molecule has 1 unspecified atom stereocenters. The molecule has 19 heavy (non-hydrogen) atoms. The molecule has 0 aliphatic carbocycles. The molecule has 1 amide bonds. The average Bonchev–Trinajstić information content (AvgIpc) is 3.08. The second-order valence-electron chi connectivity index (χ2n) is 4.39. The van der Waals surface area contributed by atoms with Crippen molar-refractivity contribution < 1.29 is 4.79 Å². The normalized spacial score (nSPS) is 18.5. The zero-order valence-corrected chi connectivity index (χ0v) is 11.3. The Morgan fingerprint density at radius 3 is 2.79 bits per heavy atom. The highest BCUT2D eigenvalue weighted by Crippen LogP contribution is 2.33. The smallest absolute Gasteiger partial charge is 0.240 e. The number of rotatable bonds is 2. The van der Waals surface area contributed by atoms with E-state index in [1.165, 1.54) is 0 Å². The molecule has 4 nitrogen and oxygen atoms in total. The maximum atomic E-state index is 11.8. The van der Waals surface area contributed by atoms with Crippen molar-refractivity contribution in [3.05, 3.63) is 52.5 Å². The molecule has 0 saturated heterocycles. The Labute approximate surface area is 115 Å². The Morgan fingerprint density at radius 1 is 1.37 bits per heavy atom. The van der Waals surface area contributed by atoms with E-state index < -0.39 is 0 Å². The van der Waals surface area contributed by atoms with E-state index in [9.17, 15) is 4.79 Å². The topological polar surface area (TPSA) is 45.6 Å². The Bertz CT molecular complexity index is 607. The summed E-state index contributed by atoms with van der Waals surface area (Å²) in [6.45, 7) is 1.55.